The Hall–Kier alpha value is -3.42. The number of rotatable bonds is 4. The maximum atomic E-state index is 12.2. The highest BCUT2D eigenvalue weighted by Gasteiger charge is 2.20. The highest BCUT2D eigenvalue weighted by atomic mass is 16.4. The van der Waals surface area contributed by atoms with Crippen molar-refractivity contribution in [2.24, 2.45) is 0 Å². The molecule has 1 fully saturated rings. The van der Waals surface area contributed by atoms with Crippen LogP contribution in [0, 0.1) is 0 Å². The van der Waals surface area contributed by atoms with Crippen LogP contribution in [0.15, 0.2) is 48.5 Å². The minimum atomic E-state index is -0.874. The Morgan fingerprint density at radius 1 is 0.857 bits per heavy atom. The van der Waals surface area contributed by atoms with Crippen LogP contribution in [0.5, 0.6) is 0 Å². The molecule has 0 radical (unpaired) electrons. The zero-order chi connectivity index (χ0) is 20.1. The van der Waals surface area contributed by atoms with E-state index in [4.69, 9.17) is 5.11 Å². The number of hydrogen-bond acceptors (Lipinski definition) is 4. The SMILES string of the molecule is CN(C)c1ccc(NC(=O)Nc2ccc(N3CCN(C(=O)O)CC3)cc2)cc1. The van der Waals surface area contributed by atoms with Gasteiger partial charge in [0.15, 0.2) is 0 Å². The van der Waals surface area contributed by atoms with Crippen LogP contribution in [0.4, 0.5) is 32.3 Å². The number of anilines is 4. The molecule has 0 aliphatic carbocycles. The molecule has 1 aliphatic heterocycles. The molecule has 1 aliphatic rings. The molecule has 8 nitrogen and oxygen atoms in total. The zero-order valence-electron chi connectivity index (χ0n) is 16.1. The number of piperazine rings is 1. The number of amides is 3. The first kappa shape index (κ1) is 19.3. The number of hydrogen-bond donors (Lipinski definition) is 3. The van der Waals surface area contributed by atoms with Gasteiger partial charge in [0.1, 0.15) is 0 Å². The van der Waals surface area contributed by atoms with Gasteiger partial charge in [0, 0.05) is 63.0 Å². The summed E-state index contributed by atoms with van der Waals surface area (Å²) in [6.07, 6.45) is -0.874. The lowest BCUT2D eigenvalue weighted by molar-refractivity contribution is 0.142. The fourth-order valence-corrected chi connectivity index (χ4v) is 3.05. The maximum absolute atomic E-state index is 12.2. The quantitative estimate of drug-likeness (QED) is 0.755. The highest BCUT2D eigenvalue weighted by Crippen LogP contribution is 2.20. The van der Waals surface area contributed by atoms with Gasteiger partial charge in [-0.05, 0) is 48.5 Å². The van der Waals surface area contributed by atoms with Crippen molar-refractivity contribution in [3.63, 3.8) is 0 Å². The van der Waals surface area contributed by atoms with Crippen molar-refractivity contribution < 1.29 is 14.7 Å². The molecular weight excluding hydrogens is 358 g/mol. The molecule has 3 N–H and O–H groups in total. The average Bonchev–Trinajstić information content (AvgIpc) is 2.69. The standard InChI is InChI=1S/C20H25N5O3/c1-23(2)17-7-3-15(4-8-17)21-19(26)22-16-5-9-18(10-6-16)24-11-13-25(14-12-24)20(27)28/h3-10H,11-14H2,1-2H3,(H,27,28)(H2,21,22,26). The molecule has 0 bridgehead atoms. The van der Waals surface area contributed by atoms with Crippen molar-refractivity contribution in [2.45, 2.75) is 0 Å². The summed E-state index contributed by atoms with van der Waals surface area (Å²) in [6, 6.07) is 14.8. The number of carboxylic acid groups (broad SMARTS) is 1. The van der Waals surface area contributed by atoms with E-state index in [0.717, 1.165) is 17.1 Å². The van der Waals surface area contributed by atoms with Crippen molar-refractivity contribution in [2.75, 3.05) is 60.7 Å². The number of urea groups is 1. The minimum Gasteiger partial charge on any atom is -0.465 e. The molecular formula is C20H25N5O3. The zero-order valence-corrected chi connectivity index (χ0v) is 16.1. The number of nitrogens with zero attached hydrogens (tertiary/aromatic N) is 3. The van der Waals surface area contributed by atoms with E-state index in [0.29, 0.717) is 31.9 Å². The van der Waals surface area contributed by atoms with E-state index in [2.05, 4.69) is 15.5 Å². The Morgan fingerprint density at radius 2 is 1.36 bits per heavy atom. The second-order valence-electron chi connectivity index (χ2n) is 6.82. The van der Waals surface area contributed by atoms with E-state index >= 15 is 0 Å². The van der Waals surface area contributed by atoms with Gasteiger partial charge in [-0.15, -0.1) is 0 Å². The summed E-state index contributed by atoms with van der Waals surface area (Å²) in [5, 5.41) is 14.6. The molecule has 0 aromatic heterocycles. The number of carbonyl (C=O) groups excluding carboxylic acids is 1. The maximum Gasteiger partial charge on any atom is 0.407 e. The van der Waals surface area contributed by atoms with Crippen LogP contribution in [0.3, 0.4) is 0 Å². The Balaban J connectivity index is 1.52. The summed E-state index contributed by atoms with van der Waals surface area (Å²) in [6.45, 7) is 2.29. The molecule has 0 atom stereocenters. The topological polar surface area (TPSA) is 88.2 Å². The third-order valence-electron chi connectivity index (χ3n) is 4.68. The molecule has 3 amide bonds. The van der Waals surface area contributed by atoms with Gasteiger partial charge >= 0.3 is 12.1 Å². The van der Waals surface area contributed by atoms with Crippen molar-refractivity contribution in [1.82, 2.24) is 4.90 Å². The predicted octanol–water partition coefficient (Wildman–Crippen LogP) is 3.20. The van der Waals surface area contributed by atoms with Crippen LogP contribution >= 0.6 is 0 Å². The van der Waals surface area contributed by atoms with Crippen molar-refractivity contribution in [1.29, 1.82) is 0 Å². The van der Waals surface area contributed by atoms with Crippen molar-refractivity contribution in [3.05, 3.63) is 48.5 Å². The van der Waals surface area contributed by atoms with Gasteiger partial charge in [0.05, 0.1) is 0 Å². The smallest absolute Gasteiger partial charge is 0.407 e. The first-order valence-corrected chi connectivity index (χ1v) is 9.10. The summed E-state index contributed by atoms with van der Waals surface area (Å²) < 4.78 is 0. The molecule has 3 rings (SSSR count). The Morgan fingerprint density at radius 3 is 1.82 bits per heavy atom. The minimum absolute atomic E-state index is 0.305. The van der Waals surface area contributed by atoms with E-state index in [-0.39, 0.29) is 6.03 Å². The van der Waals surface area contributed by atoms with Crippen LogP contribution in [-0.4, -0.2) is 62.4 Å². The summed E-state index contributed by atoms with van der Waals surface area (Å²) in [5.41, 5.74) is 3.48. The molecule has 0 saturated carbocycles. The predicted molar refractivity (Wildman–Crippen MR) is 112 cm³/mol. The normalized spacial score (nSPS) is 13.8. The molecule has 28 heavy (non-hydrogen) atoms. The van der Waals surface area contributed by atoms with Crippen molar-refractivity contribution in [3.8, 4) is 0 Å². The Labute approximate surface area is 164 Å². The van der Waals surface area contributed by atoms with Gasteiger partial charge in [-0.2, -0.15) is 0 Å². The first-order chi connectivity index (χ1) is 13.4. The molecule has 148 valence electrons. The molecule has 2 aromatic rings. The molecule has 8 heteroatoms. The van der Waals surface area contributed by atoms with Gasteiger partial charge < -0.3 is 30.4 Å². The molecule has 0 unspecified atom stereocenters. The Bertz CT molecular complexity index is 813. The lowest BCUT2D eigenvalue weighted by atomic mass is 10.2. The average molecular weight is 383 g/mol. The largest absolute Gasteiger partial charge is 0.465 e. The number of carbonyl (C=O) groups is 2. The van der Waals surface area contributed by atoms with Crippen LogP contribution in [0.2, 0.25) is 0 Å². The fraction of sp³-hybridized carbons (Fsp3) is 0.300. The van der Waals surface area contributed by atoms with E-state index < -0.39 is 6.09 Å². The summed E-state index contributed by atoms with van der Waals surface area (Å²) in [4.78, 5) is 28.7. The van der Waals surface area contributed by atoms with Gasteiger partial charge in [0.2, 0.25) is 0 Å². The summed E-state index contributed by atoms with van der Waals surface area (Å²) in [7, 11) is 3.93. The van der Waals surface area contributed by atoms with E-state index in [9.17, 15) is 9.59 Å². The third-order valence-corrected chi connectivity index (χ3v) is 4.68. The van der Waals surface area contributed by atoms with Crippen LogP contribution < -0.4 is 20.4 Å². The highest BCUT2D eigenvalue weighted by molar-refractivity contribution is 5.99. The molecule has 0 spiro atoms. The number of nitrogens with one attached hydrogen (secondary N) is 2. The second-order valence-corrected chi connectivity index (χ2v) is 6.82. The van der Waals surface area contributed by atoms with E-state index in [1.165, 1.54) is 4.90 Å². The molecule has 1 saturated heterocycles. The fourth-order valence-electron chi connectivity index (χ4n) is 3.05. The third kappa shape index (κ3) is 4.85. The van der Waals surface area contributed by atoms with Crippen LogP contribution in [0.1, 0.15) is 0 Å². The number of benzene rings is 2. The van der Waals surface area contributed by atoms with Gasteiger partial charge in [-0.3, -0.25) is 0 Å². The van der Waals surface area contributed by atoms with Gasteiger partial charge in [-0.1, -0.05) is 0 Å². The van der Waals surface area contributed by atoms with Crippen molar-refractivity contribution >= 4 is 34.9 Å². The van der Waals surface area contributed by atoms with E-state index in [1.54, 1.807) is 0 Å². The lowest BCUT2D eigenvalue weighted by Gasteiger charge is -2.34. The molecule has 1 heterocycles. The van der Waals surface area contributed by atoms with Gasteiger partial charge in [-0.25, -0.2) is 9.59 Å². The van der Waals surface area contributed by atoms with Crippen LogP contribution in [0.25, 0.3) is 0 Å². The molecule has 2 aromatic carbocycles. The summed E-state index contributed by atoms with van der Waals surface area (Å²) in [5.74, 6) is 0. The lowest BCUT2D eigenvalue weighted by Crippen LogP contribution is -2.48. The monoisotopic (exact) mass is 383 g/mol. The van der Waals surface area contributed by atoms with E-state index in [1.807, 2.05) is 67.5 Å². The first-order valence-electron chi connectivity index (χ1n) is 9.10. The summed E-state index contributed by atoms with van der Waals surface area (Å²) >= 11 is 0. The Kier molecular flexibility index (Phi) is 5.88. The second kappa shape index (κ2) is 8.51. The van der Waals surface area contributed by atoms with Gasteiger partial charge in [0.25, 0.3) is 0 Å². The van der Waals surface area contributed by atoms with Crippen LogP contribution in [-0.2, 0) is 0 Å².